The molecule has 0 saturated heterocycles. The van der Waals surface area contributed by atoms with E-state index in [0.717, 1.165) is 22.3 Å². The summed E-state index contributed by atoms with van der Waals surface area (Å²) in [5.41, 5.74) is 3.98. The van der Waals surface area contributed by atoms with Gasteiger partial charge in [-0.2, -0.15) is 0 Å². The Kier molecular flexibility index (Phi) is 5.08. The zero-order valence-electron chi connectivity index (χ0n) is 15.9. The van der Waals surface area contributed by atoms with E-state index in [-0.39, 0.29) is 12.8 Å². The van der Waals surface area contributed by atoms with Gasteiger partial charge in [-0.1, -0.05) is 48.5 Å². The molecule has 6 heteroatoms. The first-order valence-electron chi connectivity index (χ1n) is 9.39. The molecule has 1 amide bonds. The van der Waals surface area contributed by atoms with Crippen LogP contribution in [-0.4, -0.2) is 35.2 Å². The number of hydrogen-bond donors (Lipinski definition) is 1. The Hall–Kier alpha value is -3.54. The Morgan fingerprint density at radius 1 is 1.03 bits per heavy atom. The second-order valence-corrected chi connectivity index (χ2v) is 6.99. The Morgan fingerprint density at radius 3 is 2.17 bits per heavy atom. The molecule has 0 spiro atoms. The molecular formula is C23H21NO5. The minimum atomic E-state index is -0.991. The number of ether oxygens (including phenoxy) is 1. The SMILES string of the molecule is COC(=O)N(C1c2ccccc2-c2ccccc21)[C@@H](CC(=O)O)Cc1ccco1. The van der Waals surface area contributed by atoms with Gasteiger partial charge in [0.05, 0.1) is 31.9 Å². The first-order valence-corrected chi connectivity index (χ1v) is 9.39. The lowest BCUT2D eigenvalue weighted by molar-refractivity contribution is -0.138. The summed E-state index contributed by atoms with van der Waals surface area (Å²) in [6.07, 6.45) is 1.01. The topological polar surface area (TPSA) is 80.0 Å². The van der Waals surface area contributed by atoms with Gasteiger partial charge in [0.25, 0.3) is 0 Å². The van der Waals surface area contributed by atoms with Crippen molar-refractivity contribution in [1.29, 1.82) is 0 Å². The van der Waals surface area contributed by atoms with Crippen molar-refractivity contribution in [3.63, 3.8) is 0 Å². The lowest BCUT2D eigenvalue weighted by atomic mass is 9.98. The van der Waals surface area contributed by atoms with Crippen molar-refractivity contribution in [2.75, 3.05) is 7.11 Å². The van der Waals surface area contributed by atoms with E-state index in [2.05, 4.69) is 0 Å². The van der Waals surface area contributed by atoms with Crippen LogP contribution in [0, 0.1) is 0 Å². The molecule has 0 aliphatic heterocycles. The van der Waals surface area contributed by atoms with E-state index < -0.39 is 24.1 Å². The molecule has 1 aromatic heterocycles. The summed E-state index contributed by atoms with van der Waals surface area (Å²) in [5.74, 6) is -0.375. The summed E-state index contributed by atoms with van der Waals surface area (Å²) >= 11 is 0. The third kappa shape index (κ3) is 3.49. The third-order valence-corrected chi connectivity index (χ3v) is 5.29. The van der Waals surface area contributed by atoms with E-state index in [9.17, 15) is 14.7 Å². The van der Waals surface area contributed by atoms with E-state index in [1.807, 2.05) is 48.5 Å². The maximum Gasteiger partial charge on any atom is 0.410 e. The molecule has 148 valence electrons. The highest BCUT2D eigenvalue weighted by atomic mass is 16.5. The molecule has 4 rings (SSSR count). The van der Waals surface area contributed by atoms with Gasteiger partial charge >= 0.3 is 12.1 Å². The molecule has 2 aromatic carbocycles. The van der Waals surface area contributed by atoms with E-state index >= 15 is 0 Å². The van der Waals surface area contributed by atoms with E-state index in [0.29, 0.717) is 5.76 Å². The smallest absolute Gasteiger partial charge is 0.410 e. The van der Waals surface area contributed by atoms with Crippen molar-refractivity contribution in [2.45, 2.75) is 24.9 Å². The number of carbonyl (C=O) groups is 2. The summed E-state index contributed by atoms with van der Waals surface area (Å²) in [4.78, 5) is 26.1. The zero-order valence-corrected chi connectivity index (χ0v) is 15.9. The largest absolute Gasteiger partial charge is 0.481 e. The highest BCUT2D eigenvalue weighted by molar-refractivity contribution is 5.81. The second kappa shape index (κ2) is 7.83. The number of rotatable bonds is 6. The monoisotopic (exact) mass is 391 g/mol. The fourth-order valence-corrected chi connectivity index (χ4v) is 4.13. The van der Waals surface area contributed by atoms with E-state index in [1.165, 1.54) is 13.4 Å². The summed E-state index contributed by atoms with van der Waals surface area (Å²) in [6.45, 7) is 0. The van der Waals surface area contributed by atoms with Gasteiger partial charge < -0.3 is 14.3 Å². The molecule has 0 unspecified atom stereocenters. The molecule has 1 N–H and O–H groups in total. The fraction of sp³-hybridized carbons (Fsp3) is 0.217. The van der Waals surface area contributed by atoms with E-state index in [4.69, 9.17) is 9.15 Å². The minimum absolute atomic E-state index is 0.226. The van der Waals surface area contributed by atoms with Gasteiger partial charge in [-0.05, 0) is 34.4 Å². The Balaban J connectivity index is 1.84. The molecule has 1 aliphatic carbocycles. The van der Waals surface area contributed by atoms with Gasteiger partial charge in [0.2, 0.25) is 0 Å². The molecular weight excluding hydrogens is 370 g/mol. The summed E-state index contributed by atoms with van der Waals surface area (Å²) < 4.78 is 10.5. The van der Waals surface area contributed by atoms with Crippen molar-refractivity contribution in [3.05, 3.63) is 83.8 Å². The molecule has 29 heavy (non-hydrogen) atoms. The highest BCUT2D eigenvalue weighted by Gasteiger charge is 2.40. The molecule has 1 atom stereocenters. The standard InChI is InChI=1S/C23H21NO5/c1-28-23(27)24(15(14-21(25)26)13-16-7-6-12-29-16)22-19-10-4-2-8-17(19)18-9-3-5-11-20(18)22/h2-12,15,22H,13-14H2,1H3,(H,25,26)/t15-/m1/s1. The number of benzene rings is 2. The highest BCUT2D eigenvalue weighted by Crippen LogP contribution is 2.47. The Morgan fingerprint density at radius 2 is 1.66 bits per heavy atom. The van der Waals surface area contributed by atoms with Crippen molar-refractivity contribution < 1.29 is 23.8 Å². The first-order chi connectivity index (χ1) is 14.1. The van der Waals surface area contributed by atoms with Crippen LogP contribution in [0.25, 0.3) is 11.1 Å². The van der Waals surface area contributed by atoms with Gasteiger partial charge in [-0.15, -0.1) is 0 Å². The van der Waals surface area contributed by atoms with Gasteiger partial charge in [0.1, 0.15) is 5.76 Å². The number of carboxylic acids is 1. The summed E-state index contributed by atoms with van der Waals surface area (Å²) in [6, 6.07) is 18.2. The summed E-state index contributed by atoms with van der Waals surface area (Å²) in [5, 5.41) is 9.54. The van der Waals surface area contributed by atoms with Gasteiger partial charge in [0.15, 0.2) is 0 Å². The minimum Gasteiger partial charge on any atom is -0.481 e. The van der Waals surface area contributed by atoms with Crippen LogP contribution in [0.2, 0.25) is 0 Å². The third-order valence-electron chi connectivity index (χ3n) is 5.29. The average Bonchev–Trinajstić information content (AvgIpc) is 3.34. The quantitative estimate of drug-likeness (QED) is 0.669. The molecule has 0 saturated carbocycles. The van der Waals surface area contributed by atoms with Crippen LogP contribution < -0.4 is 0 Å². The predicted octanol–water partition coefficient (Wildman–Crippen LogP) is 4.50. The number of carbonyl (C=O) groups excluding carboxylic acids is 1. The van der Waals surface area contributed by atoms with Crippen molar-refractivity contribution in [2.24, 2.45) is 0 Å². The van der Waals surface area contributed by atoms with Crippen LogP contribution in [0.3, 0.4) is 0 Å². The lowest BCUT2D eigenvalue weighted by Crippen LogP contribution is -2.45. The van der Waals surface area contributed by atoms with Crippen LogP contribution in [0.5, 0.6) is 0 Å². The fourth-order valence-electron chi connectivity index (χ4n) is 4.13. The van der Waals surface area contributed by atoms with Crippen LogP contribution in [0.15, 0.2) is 71.3 Å². The number of aliphatic carboxylic acids is 1. The van der Waals surface area contributed by atoms with Crippen LogP contribution in [-0.2, 0) is 16.0 Å². The van der Waals surface area contributed by atoms with Gasteiger partial charge in [-0.25, -0.2) is 4.79 Å². The number of fused-ring (bicyclic) bond motifs is 3. The van der Waals surface area contributed by atoms with Crippen LogP contribution in [0.4, 0.5) is 4.79 Å². The van der Waals surface area contributed by atoms with Gasteiger partial charge in [0, 0.05) is 6.42 Å². The molecule has 3 aromatic rings. The van der Waals surface area contributed by atoms with Gasteiger partial charge in [-0.3, -0.25) is 9.69 Å². The maximum atomic E-state index is 13.0. The maximum absolute atomic E-state index is 13.0. The van der Waals surface area contributed by atoms with Crippen LogP contribution in [0.1, 0.15) is 29.3 Å². The zero-order chi connectivity index (χ0) is 20.4. The number of nitrogens with zero attached hydrogens (tertiary/aromatic N) is 1. The molecule has 6 nitrogen and oxygen atoms in total. The van der Waals surface area contributed by atoms with E-state index in [1.54, 1.807) is 17.0 Å². The van der Waals surface area contributed by atoms with Crippen LogP contribution >= 0.6 is 0 Å². The number of hydrogen-bond acceptors (Lipinski definition) is 4. The van der Waals surface area contributed by atoms with Crippen molar-refractivity contribution >= 4 is 12.1 Å². The molecule has 1 heterocycles. The number of furan rings is 1. The number of amides is 1. The molecule has 0 radical (unpaired) electrons. The normalized spacial score (nSPS) is 13.4. The lowest BCUT2D eigenvalue weighted by Gasteiger charge is -2.35. The molecule has 0 bridgehead atoms. The molecule has 1 aliphatic rings. The molecule has 0 fully saturated rings. The van der Waals surface area contributed by atoms with Crippen molar-refractivity contribution in [3.8, 4) is 11.1 Å². The Bertz CT molecular complexity index is 982. The Labute approximate surface area is 168 Å². The number of methoxy groups -OCH3 is 1. The van der Waals surface area contributed by atoms with Crippen molar-refractivity contribution in [1.82, 2.24) is 4.90 Å². The first kappa shape index (κ1) is 18.8. The average molecular weight is 391 g/mol. The predicted molar refractivity (Wildman–Crippen MR) is 106 cm³/mol. The second-order valence-electron chi connectivity index (χ2n) is 6.99. The number of carboxylic acid groups (broad SMARTS) is 1. The summed E-state index contributed by atoms with van der Waals surface area (Å²) in [7, 11) is 1.31.